The third kappa shape index (κ3) is 3.97. The van der Waals surface area contributed by atoms with Gasteiger partial charge in [-0.3, -0.25) is 0 Å². The van der Waals surface area contributed by atoms with Crippen molar-refractivity contribution in [2.75, 3.05) is 31.5 Å². The zero-order chi connectivity index (χ0) is 12.1. The number of aryl methyl sites for hydroxylation is 1. The molecule has 0 spiro atoms. The summed E-state index contributed by atoms with van der Waals surface area (Å²) in [5, 5.41) is 11.3. The molecule has 0 radical (unpaired) electrons. The van der Waals surface area contributed by atoms with Gasteiger partial charge in [-0.2, -0.15) is 5.10 Å². The largest absolute Gasteiger partial charge is 0.367 e. The van der Waals surface area contributed by atoms with Crippen molar-refractivity contribution in [1.29, 1.82) is 0 Å². The van der Waals surface area contributed by atoms with Gasteiger partial charge in [0, 0.05) is 13.1 Å². The summed E-state index contributed by atoms with van der Waals surface area (Å²) in [6, 6.07) is 2.03. The smallest absolute Gasteiger partial charge is 0.148 e. The minimum Gasteiger partial charge on any atom is -0.367 e. The number of hydrogen-bond acceptors (Lipinski definition) is 4. The maximum Gasteiger partial charge on any atom is 0.148 e. The van der Waals surface area contributed by atoms with Crippen LogP contribution in [0.25, 0.3) is 0 Å². The number of hydrogen-bond donors (Lipinski definition) is 1. The van der Waals surface area contributed by atoms with E-state index in [4.69, 9.17) is 0 Å². The number of nitrogens with zero attached hydrogens (tertiary/aromatic N) is 3. The van der Waals surface area contributed by atoms with E-state index in [1.165, 1.54) is 25.9 Å². The molecule has 1 aromatic heterocycles. The first-order chi connectivity index (χ1) is 8.24. The molecule has 94 valence electrons. The Morgan fingerprint density at radius 1 is 1.41 bits per heavy atom. The van der Waals surface area contributed by atoms with Crippen LogP contribution in [-0.4, -0.2) is 41.3 Å². The lowest BCUT2D eigenvalue weighted by atomic mass is 9.99. The molecule has 1 aliphatic heterocycles. The van der Waals surface area contributed by atoms with E-state index in [0.717, 1.165) is 30.4 Å². The van der Waals surface area contributed by atoms with Crippen LogP contribution < -0.4 is 5.32 Å². The predicted molar refractivity (Wildman–Crippen MR) is 70.1 cm³/mol. The number of piperidine rings is 1. The van der Waals surface area contributed by atoms with Gasteiger partial charge in [0.25, 0.3) is 0 Å². The summed E-state index contributed by atoms with van der Waals surface area (Å²) < 4.78 is 0. The number of likely N-dealkylation sites (tertiary alicyclic amines) is 1. The SMILES string of the molecule is Cc1cnnc(NCCN2CCC(C)CC2)c1. The predicted octanol–water partition coefficient (Wildman–Crippen LogP) is 1.93. The fourth-order valence-corrected chi connectivity index (χ4v) is 2.18. The van der Waals surface area contributed by atoms with Gasteiger partial charge in [0.05, 0.1) is 6.20 Å². The van der Waals surface area contributed by atoms with Crippen LogP contribution in [-0.2, 0) is 0 Å². The van der Waals surface area contributed by atoms with E-state index >= 15 is 0 Å². The molecule has 1 fully saturated rings. The van der Waals surface area contributed by atoms with Crippen LogP contribution in [0.4, 0.5) is 5.82 Å². The number of aromatic nitrogens is 2. The third-order valence-corrected chi connectivity index (χ3v) is 3.40. The molecule has 0 bridgehead atoms. The lowest BCUT2D eigenvalue weighted by Gasteiger charge is -2.30. The summed E-state index contributed by atoms with van der Waals surface area (Å²) in [6.45, 7) is 8.91. The monoisotopic (exact) mass is 234 g/mol. The van der Waals surface area contributed by atoms with Crippen molar-refractivity contribution in [3.8, 4) is 0 Å². The Labute approximate surface area is 103 Å². The first-order valence-corrected chi connectivity index (χ1v) is 6.49. The molecule has 1 aliphatic rings. The van der Waals surface area contributed by atoms with Gasteiger partial charge in [-0.05, 0) is 50.4 Å². The molecule has 1 saturated heterocycles. The quantitative estimate of drug-likeness (QED) is 0.864. The molecule has 0 atom stereocenters. The van der Waals surface area contributed by atoms with E-state index in [-0.39, 0.29) is 0 Å². The van der Waals surface area contributed by atoms with E-state index in [2.05, 4.69) is 27.3 Å². The van der Waals surface area contributed by atoms with Crippen LogP contribution in [0, 0.1) is 12.8 Å². The summed E-state index contributed by atoms with van der Waals surface area (Å²) >= 11 is 0. The summed E-state index contributed by atoms with van der Waals surface area (Å²) in [5.74, 6) is 1.79. The Morgan fingerprint density at radius 3 is 2.88 bits per heavy atom. The molecular formula is C13H22N4. The molecule has 0 saturated carbocycles. The lowest BCUT2D eigenvalue weighted by molar-refractivity contribution is 0.199. The topological polar surface area (TPSA) is 41.1 Å². The second-order valence-corrected chi connectivity index (χ2v) is 5.07. The lowest BCUT2D eigenvalue weighted by Crippen LogP contribution is -2.36. The zero-order valence-electron chi connectivity index (χ0n) is 10.8. The minimum absolute atomic E-state index is 0.885. The van der Waals surface area contributed by atoms with Crippen molar-refractivity contribution in [3.05, 3.63) is 17.8 Å². The summed E-state index contributed by atoms with van der Waals surface area (Å²) in [7, 11) is 0. The Morgan fingerprint density at radius 2 is 2.18 bits per heavy atom. The molecule has 1 aromatic rings. The Kier molecular flexibility index (Phi) is 4.31. The highest BCUT2D eigenvalue weighted by Crippen LogP contribution is 2.15. The van der Waals surface area contributed by atoms with Gasteiger partial charge < -0.3 is 10.2 Å². The van der Waals surface area contributed by atoms with Crippen molar-refractivity contribution in [2.45, 2.75) is 26.7 Å². The standard InChI is InChI=1S/C13H22N4/c1-11-3-6-17(7-4-11)8-5-14-13-9-12(2)10-15-16-13/h9-11H,3-8H2,1-2H3,(H,14,16). The summed E-state index contributed by atoms with van der Waals surface area (Å²) in [6.07, 6.45) is 4.45. The van der Waals surface area contributed by atoms with Gasteiger partial charge >= 0.3 is 0 Å². The first kappa shape index (κ1) is 12.3. The number of rotatable bonds is 4. The minimum atomic E-state index is 0.885. The highest BCUT2D eigenvalue weighted by molar-refractivity contribution is 5.34. The molecule has 2 heterocycles. The van der Waals surface area contributed by atoms with Crippen molar-refractivity contribution in [2.24, 2.45) is 5.92 Å². The zero-order valence-corrected chi connectivity index (χ0v) is 10.8. The molecule has 0 amide bonds. The average molecular weight is 234 g/mol. The Balaban J connectivity index is 1.69. The van der Waals surface area contributed by atoms with E-state index in [0.29, 0.717) is 0 Å². The molecule has 4 heteroatoms. The molecule has 2 rings (SSSR count). The number of nitrogens with one attached hydrogen (secondary N) is 1. The molecule has 1 N–H and O–H groups in total. The van der Waals surface area contributed by atoms with Crippen LogP contribution in [0.2, 0.25) is 0 Å². The molecular weight excluding hydrogens is 212 g/mol. The van der Waals surface area contributed by atoms with Gasteiger partial charge in [-0.15, -0.1) is 5.10 Å². The van der Waals surface area contributed by atoms with Gasteiger partial charge in [-0.1, -0.05) is 6.92 Å². The first-order valence-electron chi connectivity index (χ1n) is 6.49. The summed E-state index contributed by atoms with van der Waals surface area (Å²) in [4.78, 5) is 2.52. The second-order valence-electron chi connectivity index (χ2n) is 5.07. The fourth-order valence-electron chi connectivity index (χ4n) is 2.18. The van der Waals surface area contributed by atoms with E-state index in [9.17, 15) is 0 Å². The second kappa shape index (κ2) is 5.96. The fraction of sp³-hybridized carbons (Fsp3) is 0.692. The third-order valence-electron chi connectivity index (χ3n) is 3.40. The highest BCUT2D eigenvalue weighted by Gasteiger charge is 2.14. The van der Waals surface area contributed by atoms with Gasteiger partial charge in [-0.25, -0.2) is 0 Å². The average Bonchev–Trinajstić information content (AvgIpc) is 2.32. The van der Waals surface area contributed by atoms with Crippen LogP contribution in [0.3, 0.4) is 0 Å². The van der Waals surface area contributed by atoms with E-state index in [1.807, 2.05) is 13.0 Å². The van der Waals surface area contributed by atoms with E-state index < -0.39 is 0 Å². The summed E-state index contributed by atoms with van der Waals surface area (Å²) in [5.41, 5.74) is 1.15. The van der Waals surface area contributed by atoms with Crippen molar-refractivity contribution in [1.82, 2.24) is 15.1 Å². The molecule has 17 heavy (non-hydrogen) atoms. The molecule has 4 nitrogen and oxygen atoms in total. The maximum atomic E-state index is 4.05. The Hall–Kier alpha value is -1.16. The molecule has 0 unspecified atom stereocenters. The van der Waals surface area contributed by atoms with Crippen LogP contribution in [0.15, 0.2) is 12.3 Å². The maximum absolute atomic E-state index is 4.05. The van der Waals surface area contributed by atoms with Crippen molar-refractivity contribution < 1.29 is 0 Å². The van der Waals surface area contributed by atoms with Gasteiger partial charge in [0.1, 0.15) is 5.82 Å². The van der Waals surface area contributed by atoms with Crippen LogP contribution in [0.5, 0.6) is 0 Å². The van der Waals surface area contributed by atoms with E-state index in [1.54, 1.807) is 6.20 Å². The van der Waals surface area contributed by atoms with Crippen LogP contribution in [0.1, 0.15) is 25.3 Å². The Bertz CT molecular complexity index is 345. The van der Waals surface area contributed by atoms with Crippen LogP contribution >= 0.6 is 0 Å². The normalized spacial score (nSPS) is 18.2. The van der Waals surface area contributed by atoms with Gasteiger partial charge in [0.2, 0.25) is 0 Å². The highest BCUT2D eigenvalue weighted by atomic mass is 15.2. The molecule has 0 aromatic carbocycles. The van der Waals surface area contributed by atoms with Crippen molar-refractivity contribution in [3.63, 3.8) is 0 Å². The van der Waals surface area contributed by atoms with Gasteiger partial charge in [0.15, 0.2) is 0 Å². The number of anilines is 1. The van der Waals surface area contributed by atoms with Crippen molar-refractivity contribution >= 4 is 5.82 Å². The molecule has 0 aliphatic carbocycles.